The van der Waals surface area contributed by atoms with E-state index in [1.807, 2.05) is 42.6 Å². The number of carbonyl (C=O) groups is 2. The zero-order valence-corrected chi connectivity index (χ0v) is 16.2. The summed E-state index contributed by atoms with van der Waals surface area (Å²) >= 11 is 1.41. The van der Waals surface area contributed by atoms with Crippen LogP contribution in [0.3, 0.4) is 0 Å². The number of para-hydroxylation sites is 2. The number of carbonyl (C=O) groups excluding carboxylic acids is 2. The van der Waals surface area contributed by atoms with Gasteiger partial charge in [0.2, 0.25) is 5.91 Å². The fraction of sp³-hybridized carbons (Fsp3) is 0.400. The predicted octanol–water partition coefficient (Wildman–Crippen LogP) is 2.95. The standard InChI is InChI=1S/C20H24N2O4S/c1-2-22(13-15-14-25-16-7-3-4-8-17(16)26-15)19(23)10-5-11-21-20(24)18-9-6-12-27-18/h3-4,6-9,12,15H,2,5,10-11,13-14H2,1H3,(H,21,24). The fourth-order valence-electron chi connectivity index (χ4n) is 2.90. The number of likely N-dealkylation sites (N-methyl/N-ethyl adjacent to an activating group) is 1. The molecule has 2 aromatic rings. The van der Waals surface area contributed by atoms with E-state index < -0.39 is 0 Å². The topological polar surface area (TPSA) is 67.9 Å². The average Bonchev–Trinajstić information content (AvgIpc) is 3.24. The van der Waals surface area contributed by atoms with Gasteiger partial charge < -0.3 is 19.7 Å². The number of hydrogen-bond acceptors (Lipinski definition) is 5. The zero-order chi connectivity index (χ0) is 19.1. The molecule has 1 N–H and O–H groups in total. The van der Waals surface area contributed by atoms with Crippen molar-refractivity contribution in [1.29, 1.82) is 0 Å². The largest absolute Gasteiger partial charge is 0.486 e. The van der Waals surface area contributed by atoms with Crippen molar-refractivity contribution in [2.45, 2.75) is 25.9 Å². The summed E-state index contributed by atoms with van der Waals surface area (Å²) in [7, 11) is 0. The zero-order valence-electron chi connectivity index (χ0n) is 15.3. The van der Waals surface area contributed by atoms with Gasteiger partial charge in [-0.1, -0.05) is 18.2 Å². The SMILES string of the molecule is CCN(CC1COc2ccccc2O1)C(=O)CCCNC(=O)c1cccs1. The Morgan fingerprint density at radius 3 is 2.78 bits per heavy atom. The monoisotopic (exact) mass is 388 g/mol. The third kappa shape index (κ3) is 5.23. The number of nitrogens with one attached hydrogen (secondary N) is 1. The molecule has 0 saturated carbocycles. The van der Waals surface area contributed by atoms with Crippen molar-refractivity contribution in [1.82, 2.24) is 10.2 Å². The van der Waals surface area contributed by atoms with Gasteiger partial charge in [0, 0.05) is 19.5 Å². The maximum Gasteiger partial charge on any atom is 0.261 e. The summed E-state index contributed by atoms with van der Waals surface area (Å²) in [4.78, 5) is 26.8. The summed E-state index contributed by atoms with van der Waals surface area (Å²) in [5.41, 5.74) is 0. The Morgan fingerprint density at radius 1 is 1.22 bits per heavy atom. The van der Waals surface area contributed by atoms with Crippen molar-refractivity contribution in [3.8, 4) is 11.5 Å². The Balaban J connectivity index is 1.41. The van der Waals surface area contributed by atoms with Crippen LogP contribution in [0.15, 0.2) is 41.8 Å². The van der Waals surface area contributed by atoms with E-state index in [0.717, 1.165) is 5.75 Å². The summed E-state index contributed by atoms with van der Waals surface area (Å²) in [5.74, 6) is 1.43. The smallest absolute Gasteiger partial charge is 0.261 e. The lowest BCUT2D eigenvalue weighted by molar-refractivity contribution is -0.132. The first-order valence-electron chi connectivity index (χ1n) is 9.15. The van der Waals surface area contributed by atoms with E-state index in [0.29, 0.717) is 49.7 Å². The number of thiophene rings is 1. The highest BCUT2D eigenvalue weighted by Gasteiger charge is 2.24. The predicted molar refractivity (Wildman–Crippen MR) is 104 cm³/mol. The highest BCUT2D eigenvalue weighted by atomic mass is 32.1. The molecule has 3 rings (SSSR count). The molecule has 1 aromatic heterocycles. The van der Waals surface area contributed by atoms with Crippen molar-refractivity contribution in [3.63, 3.8) is 0 Å². The van der Waals surface area contributed by atoms with Gasteiger partial charge in [-0.3, -0.25) is 9.59 Å². The Labute approximate surface area is 163 Å². The minimum atomic E-state index is -0.178. The van der Waals surface area contributed by atoms with Crippen LogP contribution in [0.2, 0.25) is 0 Å². The molecule has 1 aliphatic heterocycles. The summed E-state index contributed by atoms with van der Waals surface area (Å²) in [6.07, 6.45) is 0.822. The number of rotatable bonds is 8. The molecule has 0 saturated heterocycles. The van der Waals surface area contributed by atoms with Gasteiger partial charge >= 0.3 is 0 Å². The van der Waals surface area contributed by atoms with Gasteiger partial charge in [-0.05, 0) is 36.9 Å². The molecular formula is C20H24N2O4S. The summed E-state index contributed by atoms with van der Waals surface area (Å²) in [6.45, 7) is 3.97. The van der Waals surface area contributed by atoms with Crippen molar-refractivity contribution in [2.75, 3.05) is 26.2 Å². The molecule has 2 amide bonds. The Bertz CT molecular complexity index is 763. The molecule has 1 aliphatic rings. The number of ether oxygens (including phenoxy) is 2. The van der Waals surface area contributed by atoms with E-state index in [9.17, 15) is 9.59 Å². The number of nitrogens with zero attached hydrogens (tertiary/aromatic N) is 1. The lowest BCUT2D eigenvalue weighted by Crippen LogP contribution is -2.43. The second-order valence-corrected chi connectivity index (χ2v) is 7.21. The van der Waals surface area contributed by atoms with Crippen LogP contribution >= 0.6 is 11.3 Å². The molecule has 0 spiro atoms. The van der Waals surface area contributed by atoms with Gasteiger partial charge in [0.25, 0.3) is 5.91 Å². The molecule has 27 heavy (non-hydrogen) atoms. The maximum atomic E-state index is 12.5. The van der Waals surface area contributed by atoms with E-state index in [4.69, 9.17) is 9.47 Å². The van der Waals surface area contributed by atoms with Crippen LogP contribution in [0.1, 0.15) is 29.4 Å². The van der Waals surface area contributed by atoms with Gasteiger partial charge in [0.15, 0.2) is 17.6 Å². The normalized spacial score (nSPS) is 15.2. The van der Waals surface area contributed by atoms with E-state index in [-0.39, 0.29) is 17.9 Å². The van der Waals surface area contributed by atoms with Crippen LogP contribution in [-0.2, 0) is 4.79 Å². The highest BCUT2D eigenvalue weighted by molar-refractivity contribution is 7.12. The Morgan fingerprint density at radius 2 is 2.04 bits per heavy atom. The lowest BCUT2D eigenvalue weighted by atomic mass is 10.2. The molecule has 1 atom stereocenters. The molecule has 2 heterocycles. The van der Waals surface area contributed by atoms with Gasteiger partial charge in [-0.25, -0.2) is 0 Å². The molecule has 0 bridgehead atoms. The van der Waals surface area contributed by atoms with Crippen LogP contribution in [0, 0.1) is 0 Å². The number of fused-ring (bicyclic) bond motifs is 1. The fourth-order valence-corrected chi connectivity index (χ4v) is 3.54. The Hall–Kier alpha value is -2.54. The van der Waals surface area contributed by atoms with Crippen LogP contribution in [0.4, 0.5) is 0 Å². The Kier molecular flexibility index (Phi) is 6.70. The second-order valence-electron chi connectivity index (χ2n) is 6.27. The average molecular weight is 388 g/mol. The van der Waals surface area contributed by atoms with Crippen LogP contribution in [0.25, 0.3) is 0 Å². The molecule has 6 nitrogen and oxygen atoms in total. The van der Waals surface area contributed by atoms with Crippen molar-refractivity contribution in [3.05, 3.63) is 46.7 Å². The molecule has 144 valence electrons. The van der Waals surface area contributed by atoms with E-state index in [1.165, 1.54) is 11.3 Å². The van der Waals surface area contributed by atoms with E-state index in [1.54, 1.807) is 11.0 Å². The minimum Gasteiger partial charge on any atom is -0.486 e. The lowest BCUT2D eigenvalue weighted by Gasteiger charge is -2.31. The van der Waals surface area contributed by atoms with Gasteiger partial charge in [-0.15, -0.1) is 11.3 Å². The van der Waals surface area contributed by atoms with Crippen LogP contribution in [-0.4, -0.2) is 49.1 Å². The van der Waals surface area contributed by atoms with Gasteiger partial charge in [-0.2, -0.15) is 0 Å². The van der Waals surface area contributed by atoms with E-state index >= 15 is 0 Å². The third-order valence-corrected chi connectivity index (χ3v) is 5.19. The van der Waals surface area contributed by atoms with Crippen molar-refractivity contribution in [2.24, 2.45) is 0 Å². The molecule has 1 unspecified atom stereocenters. The molecule has 1 aromatic carbocycles. The van der Waals surface area contributed by atoms with Crippen molar-refractivity contribution >= 4 is 23.2 Å². The molecule has 7 heteroatoms. The molecule has 0 radical (unpaired) electrons. The minimum absolute atomic E-state index is 0.0605. The van der Waals surface area contributed by atoms with Crippen molar-refractivity contribution < 1.29 is 19.1 Å². The second kappa shape index (κ2) is 9.41. The maximum absolute atomic E-state index is 12.5. The third-order valence-electron chi connectivity index (χ3n) is 4.32. The van der Waals surface area contributed by atoms with Crippen LogP contribution < -0.4 is 14.8 Å². The molecular weight excluding hydrogens is 364 g/mol. The van der Waals surface area contributed by atoms with Crippen LogP contribution in [0.5, 0.6) is 11.5 Å². The number of benzene rings is 1. The number of amides is 2. The van der Waals surface area contributed by atoms with Gasteiger partial charge in [0.05, 0.1) is 11.4 Å². The van der Waals surface area contributed by atoms with Gasteiger partial charge in [0.1, 0.15) is 6.61 Å². The summed E-state index contributed by atoms with van der Waals surface area (Å²) in [6, 6.07) is 11.2. The summed E-state index contributed by atoms with van der Waals surface area (Å²) in [5, 5.41) is 4.71. The highest BCUT2D eigenvalue weighted by Crippen LogP contribution is 2.31. The first kappa shape index (κ1) is 19.2. The van der Waals surface area contributed by atoms with E-state index in [2.05, 4.69) is 5.32 Å². The number of hydrogen-bond donors (Lipinski definition) is 1. The quantitative estimate of drug-likeness (QED) is 0.706. The molecule has 0 aliphatic carbocycles. The first-order valence-corrected chi connectivity index (χ1v) is 10.0. The molecule has 0 fully saturated rings. The first-order chi connectivity index (χ1) is 13.2. The summed E-state index contributed by atoms with van der Waals surface area (Å²) < 4.78 is 11.7.